The first-order valence-electron chi connectivity index (χ1n) is 7.26. The van der Waals surface area contributed by atoms with Crippen LogP contribution in [0.4, 0.5) is 0 Å². The van der Waals surface area contributed by atoms with Crippen molar-refractivity contribution >= 4 is 35.1 Å². The molecule has 0 fully saturated rings. The van der Waals surface area contributed by atoms with Gasteiger partial charge in [-0.25, -0.2) is 9.97 Å². The fraction of sp³-hybridized carbons (Fsp3) is 0.111. The number of thioether (sulfide) groups is 1. The van der Waals surface area contributed by atoms with Crippen molar-refractivity contribution < 1.29 is 4.74 Å². The van der Waals surface area contributed by atoms with E-state index in [1.54, 1.807) is 36.8 Å². The van der Waals surface area contributed by atoms with Gasteiger partial charge >= 0.3 is 0 Å². The number of hydrogen-bond donors (Lipinski definition) is 0. The molecule has 0 spiro atoms. The highest BCUT2D eigenvalue weighted by atomic mass is 35.5. The molecule has 0 radical (unpaired) electrons. The highest BCUT2D eigenvalue weighted by Gasteiger charge is 2.10. The van der Waals surface area contributed by atoms with Gasteiger partial charge in [-0.2, -0.15) is 0 Å². The molecule has 1 heterocycles. The van der Waals surface area contributed by atoms with Crippen LogP contribution in [0.1, 0.15) is 5.56 Å². The number of hydrogen-bond acceptors (Lipinski definition) is 5. The summed E-state index contributed by atoms with van der Waals surface area (Å²) < 4.78 is 5.38. The van der Waals surface area contributed by atoms with E-state index < -0.39 is 0 Å². The highest BCUT2D eigenvalue weighted by molar-refractivity contribution is 7.99. The number of rotatable bonds is 6. The summed E-state index contributed by atoms with van der Waals surface area (Å²) in [6.07, 6.45) is 1.72. The average molecular weight is 375 g/mol. The second-order valence-electron chi connectivity index (χ2n) is 4.86. The van der Waals surface area contributed by atoms with Crippen molar-refractivity contribution in [1.29, 1.82) is 0 Å². The number of halogens is 1. The van der Waals surface area contributed by atoms with E-state index in [4.69, 9.17) is 16.3 Å². The molecule has 3 rings (SSSR count). The molecule has 0 aliphatic carbocycles. The molecule has 0 aliphatic heterocycles. The fourth-order valence-corrected chi connectivity index (χ4v) is 3.79. The van der Waals surface area contributed by atoms with Crippen molar-refractivity contribution in [3.8, 4) is 5.75 Å². The van der Waals surface area contributed by atoms with Crippen molar-refractivity contribution in [3.63, 3.8) is 0 Å². The molecule has 0 saturated heterocycles. The Hall–Kier alpha value is -1.69. The quantitative estimate of drug-likeness (QED) is 0.319. The molecule has 122 valence electrons. The lowest BCUT2D eigenvalue weighted by atomic mass is 10.2. The van der Waals surface area contributed by atoms with Crippen LogP contribution in [-0.2, 0) is 5.75 Å². The van der Waals surface area contributed by atoms with Crippen molar-refractivity contribution in [2.24, 2.45) is 0 Å². The fourth-order valence-electron chi connectivity index (χ4n) is 1.95. The Morgan fingerprint density at radius 1 is 1.04 bits per heavy atom. The Kier molecular flexibility index (Phi) is 6.01. The van der Waals surface area contributed by atoms with Gasteiger partial charge in [-0.1, -0.05) is 65.5 Å². The van der Waals surface area contributed by atoms with Crippen LogP contribution in [-0.4, -0.2) is 17.1 Å². The minimum atomic E-state index is 0.680. The minimum absolute atomic E-state index is 0.680. The lowest BCUT2D eigenvalue weighted by molar-refractivity contribution is 0.395. The number of ether oxygens (including phenoxy) is 1. The minimum Gasteiger partial charge on any atom is -0.492 e. The molecule has 24 heavy (non-hydrogen) atoms. The van der Waals surface area contributed by atoms with Gasteiger partial charge in [-0.3, -0.25) is 0 Å². The van der Waals surface area contributed by atoms with E-state index in [-0.39, 0.29) is 0 Å². The van der Waals surface area contributed by atoms with E-state index in [1.165, 1.54) is 5.56 Å². The molecule has 1 aromatic heterocycles. The molecule has 3 aromatic rings. The molecular weight excluding hydrogens is 360 g/mol. The Morgan fingerprint density at radius 2 is 1.79 bits per heavy atom. The Bertz CT molecular complexity index is 798. The third kappa shape index (κ3) is 4.66. The molecule has 0 N–H and O–H groups in total. The molecular formula is C18H15ClN2OS2. The molecule has 0 atom stereocenters. The standard InChI is InChI=1S/C18H15ClN2OS2/c1-22-16-11-20-18(23-12-13-7-9-14(19)10-8-13)21-17(16)24-15-5-3-2-4-6-15/h2-11H,12H2,1H3. The monoisotopic (exact) mass is 374 g/mol. The summed E-state index contributed by atoms with van der Waals surface area (Å²) in [6, 6.07) is 17.9. The maximum Gasteiger partial charge on any atom is 0.189 e. The van der Waals surface area contributed by atoms with Crippen molar-refractivity contribution in [2.45, 2.75) is 20.8 Å². The van der Waals surface area contributed by atoms with Crippen LogP contribution in [0, 0.1) is 0 Å². The van der Waals surface area contributed by atoms with Gasteiger partial charge in [0.05, 0.1) is 13.3 Å². The third-order valence-electron chi connectivity index (χ3n) is 3.16. The van der Waals surface area contributed by atoms with Crippen LogP contribution in [0.15, 0.2) is 75.9 Å². The summed E-state index contributed by atoms with van der Waals surface area (Å²) in [5.74, 6) is 1.47. The van der Waals surface area contributed by atoms with Crippen molar-refractivity contribution in [1.82, 2.24) is 9.97 Å². The number of methoxy groups -OCH3 is 1. The van der Waals surface area contributed by atoms with E-state index in [1.807, 2.05) is 54.6 Å². The number of aromatic nitrogens is 2. The topological polar surface area (TPSA) is 35.0 Å². The maximum atomic E-state index is 5.91. The van der Waals surface area contributed by atoms with Gasteiger partial charge in [0.1, 0.15) is 5.03 Å². The van der Waals surface area contributed by atoms with Gasteiger partial charge in [0.2, 0.25) is 0 Å². The maximum absolute atomic E-state index is 5.91. The van der Waals surface area contributed by atoms with Gasteiger partial charge in [0.25, 0.3) is 0 Å². The molecule has 0 unspecified atom stereocenters. The van der Waals surface area contributed by atoms with E-state index in [9.17, 15) is 0 Å². The van der Waals surface area contributed by atoms with Gasteiger partial charge in [0.15, 0.2) is 10.9 Å². The summed E-state index contributed by atoms with van der Waals surface area (Å²) in [6.45, 7) is 0. The largest absolute Gasteiger partial charge is 0.492 e. The van der Waals surface area contributed by atoms with Crippen LogP contribution >= 0.6 is 35.1 Å². The first kappa shape index (κ1) is 17.1. The van der Waals surface area contributed by atoms with Crippen molar-refractivity contribution in [2.75, 3.05) is 7.11 Å². The predicted octanol–water partition coefficient (Wildman–Crippen LogP) is 5.58. The summed E-state index contributed by atoms with van der Waals surface area (Å²) in [5.41, 5.74) is 1.18. The normalized spacial score (nSPS) is 10.6. The van der Waals surface area contributed by atoms with Crippen LogP contribution < -0.4 is 4.74 Å². The Morgan fingerprint density at radius 3 is 2.50 bits per heavy atom. The van der Waals surface area contributed by atoms with E-state index in [0.29, 0.717) is 5.75 Å². The SMILES string of the molecule is COc1cnc(SCc2ccc(Cl)cc2)nc1Sc1ccccc1. The van der Waals surface area contributed by atoms with Crippen LogP contribution in [0.5, 0.6) is 5.75 Å². The molecule has 0 amide bonds. The lowest BCUT2D eigenvalue weighted by Crippen LogP contribution is -1.95. The van der Waals surface area contributed by atoms with Crippen molar-refractivity contribution in [3.05, 3.63) is 71.4 Å². The summed E-state index contributed by atoms with van der Waals surface area (Å²) in [5, 5.41) is 2.28. The highest BCUT2D eigenvalue weighted by Crippen LogP contribution is 2.34. The Labute approximate surface area is 154 Å². The first-order chi connectivity index (χ1) is 11.7. The molecule has 0 aliphatic rings. The molecule has 2 aromatic carbocycles. The van der Waals surface area contributed by atoms with E-state index in [2.05, 4.69) is 9.97 Å². The lowest BCUT2D eigenvalue weighted by Gasteiger charge is -2.08. The second kappa shape index (κ2) is 8.42. The number of nitrogens with zero attached hydrogens (tertiary/aromatic N) is 2. The van der Waals surface area contributed by atoms with Crippen LogP contribution in [0.25, 0.3) is 0 Å². The zero-order valence-corrected chi connectivity index (χ0v) is 15.4. The smallest absolute Gasteiger partial charge is 0.189 e. The van der Waals surface area contributed by atoms with E-state index in [0.717, 1.165) is 25.9 Å². The molecule has 6 heteroatoms. The average Bonchev–Trinajstić information content (AvgIpc) is 2.62. The molecule has 0 saturated carbocycles. The zero-order valence-electron chi connectivity index (χ0n) is 13.0. The third-order valence-corrected chi connectivity index (χ3v) is 5.34. The van der Waals surface area contributed by atoms with Gasteiger partial charge < -0.3 is 4.74 Å². The van der Waals surface area contributed by atoms with Gasteiger partial charge in [0, 0.05) is 15.7 Å². The summed E-state index contributed by atoms with van der Waals surface area (Å²) >= 11 is 9.07. The first-order valence-corrected chi connectivity index (χ1v) is 9.44. The molecule has 0 bridgehead atoms. The summed E-state index contributed by atoms with van der Waals surface area (Å²) in [7, 11) is 1.63. The zero-order chi connectivity index (χ0) is 16.8. The summed E-state index contributed by atoms with van der Waals surface area (Å²) in [4.78, 5) is 10.1. The van der Waals surface area contributed by atoms with Gasteiger partial charge in [-0.15, -0.1) is 0 Å². The van der Waals surface area contributed by atoms with Gasteiger partial charge in [-0.05, 0) is 29.8 Å². The number of benzene rings is 2. The Balaban J connectivity index is 1.74. The van der Waals surface area contributed by atoms with Crippen LogP contribution in [0.2, 0.25) is 5.02 Å². The predicted molar refractivity (Wildman–Crippen MR) is 100 cm³/mol. The van der Waals surface area contributed by atoms with Crippen LogP contribution in [0.3, 0.4) is 0 Å². The molecule has 3 nitrogen and oxygen atoms in total. The van der Waals surface area contributed by atoms with E-state index >= 15 is 0 Å². The second-order valence-corrected chi connectivity index (χ2v) is 7.30.